The Labute approximate surface area is 170 Å². The van der Waals surface area contributed by atoms with Crippen LogP contribution in [0.25, 0.3) is 0 Å². The number of likely N-dealkylation sites (tertiary alicyclic amines) is 1. The van der Waals surface area contributed by atoms with Crippen molar-refractivity contribution in [3.8, 4) is 5.75 Å². The fraction of sp³-hybridized carbons (Fsp3) is 0.579. The third-order valence-corrected chi connectivity index (χ3v) is 5.85. The highest BCUT2D eigenvalue weighted by Gasteiger charge is 2.36. The number of anilines is 1. The second-order valence-corrected chi connectivity index (χ2v) is 7.52. The first-order valence-corrected chi connectivity index (χ1v) is 9.90. The third kappa shape index (κ3) is 4.44. The Morgan fingerprint density at radius 2 is 1.89 bits per heavy atom. The predicted molar refractivity (Wildman–Crippen MR) is 107 cm³/mol. The minimum atomic E-state index is -0.862. The molecule has 28 heavy (non-hydrogen) atoms. The average Bonchev–Trinajstić information content (AvgIpc) is 2.65. The number of hydrogen-bond donors (Lipinski definition) is 2. The number of ether oxygens (including phenoxy) is 1. The van der Waals surface area contributed by atoms with E-state index in [4.69, 9.17) is 21.4 Å². The molecule has 3 rings (SSSR count). The molecule has 2 heterocycles. The smallest absolute Gasteiger partial charge is 0.407 e. The molecule has 154 valence electrons. The molecule has 0 aliphatic carbocycles. The highest BCUT2D eigenvalue weighted by atomic mass is 35.5. The molecule has 0 atom stereocenters. The van der Waals surface area contributed by atoms with E-state index in [1.165, 1.54) is 4.90 Å². The van der Waals surface area contributed by atoms with Crippen LogP contribution in [0.5, 0.6) is 5.75 Å². The van der Waals surface area contributed by atoms with Crippen molar-refractivity contribution in [3.63, 3.8) is 0 Å². The fourth-order valence-corrected chi connectivity index (χ4v) is 3.93. The molecule has 2 saturated heterocycles. The summed E-state index contributed by atoms with van der Waals surface area (Å²) < 4.78 is 5.41. The summed E-state index contributed by atoms with van der Waals surface area (Å²) in [7, 11) is 1.60. The lowest BCUT2D eigenvalue weighted by Gasteiger charge is -2.47. The topological polar surface area (TPSA) is 85.4 Å². The molecule has 2 fully saturated rings. The van der Waals surface area contributed by atoms with Crippen LogP contribution in [-0.4, -0.2) is 90.8 Å². The zero-order chi connectivity index (χ0) is 20.3. The maximum absolute atomic E-state index is 12.6. The Balaban J connectivity index is 1.48. The summed E-state index contributed by atoms with van der Waals surface area (Å²) in [6.07, 6.45) is -0.0529. The summed E-state index contributed by atoms with van der Waals surface area (Å²) >= 11 is 6.28. The Morgan fingerprint density at radius 1 is 1.21 bits per heavy atom. The van der Waals surface area contributed by atoms with Crippen molar-refractivity contribution in [3.05, 3.63) is 22.7 Å². The Kier molecular flexibility index (Phi) is 6.51. The quantitative estimate of drug-likeness (QED) is 0.744. The monoisotopic (exact) mass is 410 g/mol. The van der Waals surface area contributed by atoms with Gasteiger partial charge >= 0.3 is 6.09 Å². The van der Waals surface area contributed by atoms with E-state index in [2.05, 4.69) is 10.2 Å². The summed E-state index contributed by atoms with van der Waals surface area (Å²) in [5, 5.41) is 12.7. The Bertz CT molecular complexity index is 731. The van der Waals surface area contributed by atoms with E-state index in [0.717, 1.165) is 25.1 Å². The minimum absolute atomic E-state index is 0.0261. The first-order valence-electron chi connectivity index (χ1n) is 9.52. The summed E-state index contributed by atoms with van der Waals surface area (Å²) in [6, 6.07) is 3.97. The van der Waals surface area contributed by atoms with Crippen molar-refractivity contribution >= 4 is 29.3 Å². The van der Waals surface area contributed by atoms with Crippen molar-refractivity contribution in [2.24, 2.45) is 0 Å². The molecule has 8 nitrogen and oxygen atoms in total. The highest BCUT2D eigenvalue weighted by Crippen LogP contribution is 2.31. The standard InChI is InChI=1S/C19H27ClN4O4/c1-3-13-8-17(28-2)16(9-15(13)20)21-10-18(25)23-6-4-22(5-7-23)14-11-24(12-14)19(26)27/h8-9,14,21H,3-7,10-12H2,1-2H3,(H,26,27). The summed E-state index contributed by atoms with van der Waals surface area (Å²) in [4.78, 5) is 29.0. The zero-order valence-corrected chi connectivity index (χ0v) is 17.0. The minimum Gasteiger partial charge on any atom is -0.495 e. The van der Waals surface area contributed by atoms with Gasteiger partial charge in [-0.3, -0.25) is 9.69 Å². The number of nitrogens with zero attached hydrogens (tertiary/aromatic N) is 3. The molecule has 2 amide bonds. The van der Waals surface area contributed by atoms with Crippen LogP contribution in [0.3, 0.4) is 0 Å². The van der Waals surface area contributed by atoms with Gasteiger partial charge in [-0.15, -0.1) is 0 Å². The highest BCUT2D eigenvalue weighted by molar-refractivity contribution is 6.31. The summed E-state index contributed by atoms with van der Waals surface area (Å²) in [5.74, 6) is 0.699. The van der Waals surface area contributed by atoms with Crippen molar-refractivity contribution in [1.29, 1.82) is 0 Å². The number of methoxy groups -OCH3 is 1. The van der Waals surface area contributed by atoms with Crippen molar-refractivity contribution in [2.45, 2.75) is 19.4 Å². The average molecular weight is 411 g/mol. The number of aryl methyl sites for hydroxylation is 1. The molecular formula is C19H27ClN4O4. The number of carbonyl (C=O) groups is 2. The van der Waals surface area contributed by atoms with Gasteiger partial charge in [-0.2, -0.15) is 0 Å². The fourth-order valence-electron chi connectivity index (χ4n) is 3.64. The van der Waals surface area contributed by atoms with Gasteiger partial charge in [0.25, 0.3) is 0 Å². The van der Waals surface area contributed by atoms with Crippen LogP contribution in [0, 0.1) is 0 Å². The van der Waals surface area contributed by atoms with E-state index in [0.29, 0.717) is 42.6 Å². The van der Waals surface area contributed by atoms with E-state index < -0.39 is 6.09 Å². The van der Waals surface area contributed by atoms with Gasteiger partial charge in [-0.25, -0.2) is 4.79 Å². The van der Waals surface area contributed by atoms with Gasteiger partial charge in [0.2, 0.25) is 5.91 Å². The molecule has 1 aromatic carbocycles. The Hall–Kier alpha value is -2.19. The second-order valence-electron chi connectivity index (χ2n) is 7.11. The largest absolute Gasteiger partial charge is 0.495 e. The molecular weight excluding hydrogens is 384 g/mol. The van der Waals surface area contributed by atoms with E-state index in [1.54, 1.807) is 13.2 Å². The second kappa shape index (κ2) is 8.87. The van der Waals surface area contributed by atoms with Crippen molar-refractivity contribution < 1.29 is 19.4 Å². The summed E-state index contributed by atoms with van der Waals surface area (Å²) in [5.41, 5.74) is 1.71. The lowest BCUT2D eigenvalue weighted by atomic mass is 10.1. The van der Waals surface area contributed by atoms with Gasteiger partial charge in [0.1, 0.15) is 5.75 Å². The van der Waals surface area contributed by atoms with Gasteiger partial charge in [0.05, 0.1) is 19.3 Å². The third-order valence-electron chi connectivity index (χ3n) is 5.50. The van der Waals surface area contributed by atoms with Crippen LogP contribution in [0.15, 0.2) is 12.1 Å². The molecule has 0 saturated carbocycles. The van der Waals surface area contributed by atoms with Gasteiger partial charge < -0.3 is 25.0 Å². The van der Waals surface area contributed by atoms with E-state index in [9.17, 15) is 9.59 Å². The molecule has 0 bridgehead atoms. The number of benzene rings is 1. The number of nitrogens with one attached hydrogen (secondary N) is 1. The maximum atomic E-state index is 12.6. The number of amides is 2. The molecule has 0 radical (unpaired) electrons. The van der Waals surface area contributed by atoms with Crippen molar-refractivity contribution in [1.82, 2.24) is 14.7 Å². The van der Waals surface area contributed by atoms with Crippen LogP contribution in [0.4, 0.5) is 10.5 Å². The van der Waals surface area contributed by atoms with Crippen LogP contribution in [0.2, 0.25) is 5.02 Å². The van der Waals surface area contributed by atoms with E-state index >= 15 is 0 Å². The van der Waals surface area contributed by atoms with E-state index in [1.807, 2.05) is 17.9 Å². The van der Waals surface area contributed by atoms with Crippen LogP contribution in [0.1, 0.15) is 12.5 Å². The number of piperazine rings is 1. The lowest BCUT2D eigenvalue weighted by Crippen LogP contribution is -2.64. The Morgan fingerprint density at radius 3 is 2.46 bits per heavy atom. The predicted octanol–water partition coefficient (Wildman–Crippen LogP) is 1.83. The molecule has 0 spiro atoms. The molecule has 0 aromatic heterocycles. The molecule has 2 N–H and O–H groups in total. The number of carbonyl (C=O) groups excluding carboxylic acids is 1. The first-order chi connectivity index (χ1) is 13.4. The normalized spacial score (nSPS) is 18.0. The van der Waals surface area contributed by atoms with Gasteiger partial charge in [-0.1, -0.05) is 18.5 Å². The van der Waals surface area contributed by atoms with Crippen LogP contribution < -0.4 is 10.1 Å². The van der Waals surface area contributed by atoms with Gasteiger partial charge in [-0.05, 0) is 24.1 Å². The number of halogens is 1. The zero-order valence-electron chi connectivity index (χ0n) is 16.3. The number of carboxylic acid groups (broad SMARTS) is 1. The first kappa shape index (κ1) is 20.5. The van der Waals surface area contributed by atoms with Gasteiger partial charge in [0.15, 0.2) is 0 Å². The molecule has 0 unspecified atom stereocenters. The van der Waals surface area contributed by atoms with Crippen LogP contribution >= 0.6 is 11.6 Å². The molecule has 9 heteroatoms. The number of rotatable bonds is 6. The summed E-state index contributed by atoms with van der Waals surface area (Å²) in [6.45, 7) is 6.15. The number of hydrogen-bond acceptors (Lipinski definition) is 5. The molecule has 2 aliphatic heterocycles. The molecule has 1 aromatic rings. The SMILES string of the molecule is CCc1cc(OC)c(NCC(=O)N2CCN(C3CN(C(=O)O)C3)CC2)cc1Cl. The van der Waals surface area contributed by atoms with Crippen LogP contribution in [-0.2, 0) is 11.2 Å². The van der Waals surface area contributed by atoms with E-state index in [-0.39, 0.29) is 18.5 Å². The lowest BCUT2D eigenvalue weighted by molar-refractivity contribution is -0.131. The molecule has 2 aliphatic rings. The van der Waals surface area contributed by atoms with Crippen molar-refractivity contribution in [2.75, 3.05) is 58.2 Å². The maximum Gasteiger partial charge on any atom is 0.407 e. The van der Waals surface area contributed by atoms with Gasteiger partial charge in [0, 0.05) is 50.3 Å².